The highest BCUT2D eigenvalue weighted by Crippen LogP contribution is 2.10. The van der Waals surface area contributed by atoms with Crippen molar-refractivity contribution < 1.29 is 29.1 Å². The third-order valence-corrected chi connectivity index (χ3v) is 2.80. The van der Waals surface area contributed by atoms with Gasteiger partial charge in [0.1, 0.15) is 6.23 Å². The molecule has 0 bridgehead atoms. The van der Waals surface area contributed by atoms with Gasteiger partial charge in [0.15, 0.2) is 0 Å². The fourth-order valence-electron chi connectivity index (χ4n) is 1.72. The summed E-state index contributed by atoms with van der Waals surface area (Å²) in [6, 6.07) is 0. The molecule has 1 rings (SSSR count). The molecule has 0 saturated heterocycles. The lowest BCUT2D eigenvalue weighted by Gasteiger charge is -2.20. The van der Waals surface area contributed by atoms with Gasteiger partial charge in [-0.25, -0.2) is 4.79 Å². The van der Waals surface area contributed by atoms with Gasteiger partial charge in [-0.3, -0.25) is 14.4 Å². The number of amides is 3. The second kappa shape index (κ2) is 7.53. The largest absolute Gasteiger partial charge is 0.370 e. The number of nitrogens with zero attached hydrogens (tertiary/aromatic N) is 2. The molecule has 116 valence electrons. The van der Waals surface area contributed by atoms with Crippen LogP contribution in [0.3, 0.4) is 0 Å². The zero-order valence-electron chi connectivity index (χ0n) is 11.9. The number of hydrogen-bond donors (Lipinski definition) is 1. The Balaban J connectivity index is 2.38. The quantitative estimate of drug-likeness (QED) is 0.700. The summed E-state index contributed by atoms with van der Waals surface area (Å²) in [6.45, 7) is 2.83. The zero-order valence-corrected chi connectivity index (χ0v) is 11.9. The van der Waals surface area contributed by atoms with Crippen molar-refractivity contribution in [2.45, 2.75) is 39.3 Å². The average molecular weight is 298 g/mol. The maximum atomic E-state index is 11.6. The second-order valence-electron chi connectivity index (χ2n) is 4.43. The maximum Gasteiger partial charge on any atom is 0.333 e. The van der Waals surface area contributed by atoms with Gasteiger partial charge < -0.3 is 14.8 Å². The van der Waals surface area contributed by atoms with E-state index in [-0.39, 0.29) is 31.7 Å². The predicted molar refractivity (Wildman–Crippen MR) is 70.0 cm³/mol. The van der Waals surface area contributed by atoms with Crippen molar-refractivity contribution >= 4 is 23.7 Å². The molecule has 1 aliphatic rings. The van der Waals surface area contributed by atoms with Crippen molar-refractivity contribution in [2.24, 2.45) is 0 Å². The first-order valence-corrected chi connectivity index (χ1v) is 6.58. The van der Waals surface area contributed by atoms with Crippen molar-refractivity contribution in [2.75, 3.05) is 6.54 Å². The molecular formula is C13H18N2O6. The van der Waals surface area contributed by atoms with E-state index in [0.29, 0.717) is 5.06 Å². The molecule has 3 amide bonds. The minimum Gasteiger partial charge on any atom is -0.370 e. The average Bonchev–Trinajstić information content (AvgIpc) is 2.75. The minimum absolute atomic E-state index is 0.0347. The van der Waals surface area contributed by atoms with E-state index in [1.807, 2.05) is 0 Å². The summed E-state index contributed by atoms with van der Waals surface area (Å²) in [7, 11) is 0. The lowest BCUT2D eigenvalue weighted by Crippen LogP contribution is -2.37. The lowest BCUT2D eigenvalue weighted by atomic mass is 10.3. The third kappa shape index (κ3) is 4.67. The van der Waals surface area contributed by atoms with Gasteiger partial charge in [0.2, 0.25) is 5.91 Å². The molecule has 0 aliphatic carbocycles. The highest BCUT2D eigenvalue weighted by molar-refractivity contribution is 5.94. The predicted octanol–water partition coefficient (Wildman–Crippen LogP) is -0.273. The first-order valence-electron chi connectivity index (χ1n) is 6.58. The van der Waals surface area contributed by atoms with Crippen molar-refractivity contribution in [1.82, 2.24) is 9.96 Å². The molecule has 8 nitrogen and oxygen atoms in total. The van der Waals surface area contributed by atoms with E-state index < -0.39 is 24.0 Å². The Morgan fingerprint density at radius 3 is 2.57 bits per heavy atom. The first-order chi connectivity index (χ1) is 9.86. The van der Waals surface area contributed by atoms with Crippen LogP contribution in [0, 0.1) is 0 Å². The fraction of sp³-hybridized carbons (Fsp3) is 0.538. The van der Waals surface area contributed by atoms with Crippen LogP contribution in [0.15, 0.2) is 12.2 Å². The van der Waals surface area contributed by atoms with Crippen LogP contribution in [0.2, 0.25) is 0 Å². The topological polar surface area (TPSA) is 104 Å². The van der Waals surface area contributed by atoms with Crippen LogP contribution in [0.4, 0.5) is 0 Å². The minimum atomic E-state index is -0.982. The Bertz CT molecular complexity index is 473. The van der Waals surface area contributed by atoms with Crippen molar-refractivity contribution in [3.05, 3.63) is 12.2 Å². The number of imide groups is 1. The number of hydroxylamine groups is 2. The fourth-order valence-corrected chi connectivity index (χ4v) is 1.72. The molecule has 1 aliphatic heterocycles. The number of carbonyl (C=O) groups is 4. The van der Waals surface area contributed by atoms with Gasteiger partial charge in [0.25, 0.3) is 11.8 Å². The Hall–Kier alpha value is -2.22. The van der Waals surface area contributed by atoms with E-state index in [2.05, 4.69) is 0 Å². The Morgan fingerprint density at radius 2 is 2.10 bits per heavy atom. The summed E-state index contributed by atoms with van der Waals surface area (Å²) >= 11 is 0. The Morgan fingerprint density at radius 1 is 1.43 bits per heavy atom. The molecule has 0 aromatic carbocycles. The molecule has 1 atom stereocenters. The van der Waals surface area contributed by atoms with Crippen LogP contribution in [0.25, 0.3) is 0 Å². The Labute approximate surface area is 121 Å². The number of hydrogen-bond acceptors (Lipinski definition) is 6. The van der Waals surface area contributed by atoms with Gasteiger partial charge in [-0.2, -0.15) is 0 Å². The van der Waals surface area contributed by atoms with Crippen LogP contribution in [0.1, 0.15) is 33.1 Å². The van der Waals surface area contributed by atoms with Gasteiger partial charge in [-0.15, -0.1) is 5.06 Å². The SMILES string of the molecule is CCC(=O)N(OC(=O)CCCN1C(=O)C=CC1O)C(C)=O. The number of rotatable bonds is 5. The summed E-state index contributed by atoms with van der Waals surface area (Å²) in [6.07, 6.45) is 1.81. The van der Waals surface area contributed by atoms with Crippen LogP contribution in [-0.4, -0.2) is 51.5 Å². The zero-order chi connectivity index (χ0) is 16.0. The molecule has 0 aromatic rings. The molecule has 0 saturated carbocycles. The molecule has 0 spiro atoms. The Kier molecular flexibility index (Phi) is 6.04. The molecule has 21 heavy (non-hydrogen) atoms. The monoisotopic (exact) mass is 298 g/mol. The van der Waals surface area contributed by atoms with Crippen LogP contribution >= 0.6 is 0 Å². The molecule has 1 N–H and O–H groups in total. The summed E-state index contributed by atoms with van der Waals surface area (Å²) in [5.41, 5.74) is 0. The summed E-state index contributed by atoms with van der Waals surface area (Å²) < 4.78 is 0. The summed E-state index contributed by atoms with van der Waals surface area (Å²) in [5, 5.41) is 9.88. The second-order valence-corrected chi connectivity index (χ2v) is 4.43. The van der Waals surface area contributed by atoms with E-state index in [1.165, 1.54) is 17.1 Å². The van der Waals surface area contributed by atoms with E-state index in [1.54, 1.807) is 6.92 Å². The van der Waals surface area contributed by atoms with Crippen molar-refractivity contribution in [1.29, 1.82) is 0 Å². The molecule has 1 heterocycles. The molecule has 8 heteroatoms. The van der Waals surface area contributed by atoms with E-state index in [9.17, 15) is 24.3 Å². The van der Waals surface area contributed by atoms with Crippen LogP contribution in [-0.2, 0) is 24.0 Å². The number of carbonyl (C=O) groups excluding carboxylic acids is 4. The van der Waals surface area contributed by atoms with Gasteiger partial charge in [-0.05, 0) is 12.5 Å². The summed E-state index contributed by atoms with van der Waals surface area (Å²) in [5.74, 6) is -2.36. The number of aliphatic hydroxyl groups is 1. The molecule has 1 unspecified atom stereocenters. The normalized spacial score (nSPS) is 17.0. The van der Waals surface area contributed by atoms with Crippen LogP contribution in [0.5, 0.6) is 0 Å². The van der Waals surface area contributed by atoms with Gasteiger partial charge in [0, 0.05) is 32.4 Å². The van der Waals surface area contributed by atoms with Gasteiger partial charge in [0.05, 0.1) is 0 Å². The molecule has 0 fully saturated rings. The van der Waals surface area contributed by atoms with Crippen molar-refractivity contribution in [3.63, 3.8) is 0 Å². The first kappa shape index (κ1) is 16.8. The summed E-state index contributed by atoms with van der Waals surface area (Å²) in [4.78, 5) is 51.3. The van der Waals surface area contributed by atoms with Gasteiger partial charge >= 0.3 is 5.97 Å². The third-order valence-electron chi connectivity index (χ3n) is 2.80. The van der Waals surface area contributed by atoms with E-state index >= 15 is 0 Å². The maximum absolute atomic E-state index is 11.6. The molecular weight excluding hydrogens is 280 g/mol. The van der Waals surface area contributed by atoms with E-state index in [0.717, 1.165) is 6.92 Å². The highest BCUT2D eigenvalue weighted by Gasteiger charge is 2.24. The van der Waals surface area contributed by atoms with Gasteiger partial charge in [-0.1, -0.05) is 6.92 Å². The lowest BCUT2D eigenvalue weighted by molar-refractivity contribution is -0.201. The van der Waals surface area contributed by atoms with Crippen molar-refractivity contribution in [3.8, 4) is 0 Å². The standard InChI is InChI=1S/C13H18N2O6/c1-3-10(17)15(9(2)16)21-13(20)5-4-8-14-11(18)6-7-12(14)19/h6-7,11,18H,3-5,8H2,1-2H3. The van der Waals surface area contributed by atoms with Crippen LogP contribution < -0.4 is 0 Å². The number of aliphatic hydroxyl groups excluding tert-OH is 1. The smallest absolute Gasteiger partial charge is 0.333 e. The highest BCUT2D eigenvalue weighted by atomic mass is 16.7. The van der Waals surface area contributed by atoms with E-state index in [4.69, 9.17) is 4.84 Å². The molecule has 0 aromatic heterocycles. The molecule has 0 radical (unpaired) electrons.